The maximum absolute atomic E-state index is 12.3. The van der Waals surface area contributed by atoms with Crippen LogP contribution in [-0.2, 0) is 4.79 Å². The zero-order valence-electron chi connectivity index (χ0n) is 6.43. The number of carboxylic acids is 1. The minimum atomic E-state index is -2.46. The van der Waals surface area contributed by atoms with Crippen molar-refractivity contribution in [2.45, 2.75) is 18.8 Å². The molecule has 0 aromatic heterocycles. The predicted octanol–water partition coefficient (Wildman–Crippen LogP) is 1.85. The molecular weight excluding hydrogens is 186 g/mol. The van der Waals surface area contributed by atoms with E-state index in [1.54, 1.807) is 0 Å². The number of alkyl halides is 2. The SMILES string of the molecule is O=C(O)CCSCC1CC1(F)F. The molecule has 1 unspecified atom stereocenters. The lowest BCUT2D eigenvalue weighted by Gasteiger charge is -1.97. The van der Waals surface area contributed by atoms with E-state index >= 15 is 0 Å². The zero-order chi connectivity index (χ0) is 9.19. The number of halogens is 2. The Labute approximate surface area is 73.3 Å². The second kappa shape index (κ2) is 3.60. The van der Waals surface area contributed by atoms with Gasteiger partial charge in [0.15, 0.2) is 0 Å². The molecule has 1 saturated carbocycles. The van der Waals surface area contributed by atoms with Crippen LogP contribution in [0.15, 0.2) is 0 Å². The molecule has 1 rings (SSSR count). The largest absolute Gasteiger partial charge is 0.481 e. The van der Waals surface area contributed by atoms with Crippen LogP contribution in [0.4, 0.5) is 8.78 Å². The van der Waals surface area contributed by atoms with Gasteiger partial charge in [0.1, 0.15) is 0 Å². The average molecular weight is 196 g/mol. The van der Waals surface area contributed by atoms with Crippen molar-refractivity contribution >= 4 is 17.7 Å². The van der Waals surface area contributed by atoms with Crippen molar-refractivity contribution in [2.24, 2.45) is 5.92 Å². The molecule has 5 heteroatoms. The van der Waals surface area contributed by atoms with Crippen molar-refractivity contribution < 1.29 is 18.7 Å². The summed E-state index contributed by atoms with van der Waals surface area (Å²) in [4.78, 5) is 10.0. The first-order valence-corrected chi connectivity index (χ1v) is 4.85. The third-order valence-corrected chi connectivity index (χ3v) is 2.87. The van der Waals surface area contributed by atoms with Crippen molar-refractivity contribution in [1.29, 1.82) is 0 Å². The second-order valence-electron chi connectivity index (χ2n) is 2.88. The van der Waals surface area contributed by atoms with Gasteiger partial charge in [-0.1, -0.05) is 0 Å². The Kier molecular flexibility index (Phi) is 2.93. The topological polar surface area (TPSA) is 37.3 Å². The van der Waals surface area contributed by atoms with E-state index in [1.165, 1.54) is 11.8 Å². The van der Waals surface area contributed by atoms with E-state index in [0.29, 0.717) is 11.5 Å². The van der Waals surface area contributed by atoms with Crippen LogP contribution in [0.5, 0.6) is 0 Å². The van der Waals surface area contributed by atoms with Crippen LogP contribution in [-0.4, -0.2) is 28.5 Å². The normalized spacial score (nSPS) is 25.3. The molecular formula is C7H10F2O2S. The van der Waals surface area contributed by atoms with Crippen LogP contribution in [0, 0.1) is 5.92 Å². The fourth-order valence-corrected chi connectivity index (χ4v) is 1.97. The summed E-state index contributed by atoms with van der Waals surface area (Å²) in [5, 5.41) is 8.24. The number of rotatable bonds is 5. The third-order valence-electron chi connectivity index (χ3n) is 1.74. The number of aliphatic carboxylic acids is 1. The molecule has 1 fully saturated rings. The molecule has 0 radical (unpaired) electrons. The van der Waals surface area contributed by atoms with Gasteiger partial charge in [-0.2, -0.15) is 11.8 Å². The fourth-order valence-electron chi connectivity index (χ4n) is 0.836. The Morgan fingerprint density at radius 2 is 2.25 bits per heavy atom. The Morgan fingerprint density at radius 3 is 2.67 bits per heavy atom. The molecule has 0 heterocycles. The molecule has 1 aliphatic carbocycles. The quantitative estimate of drug-likeness (QED) is 0.682. The molecule has 1 N–H and O–H groups in total. The van der Waals surface area contributed by atoms with Crippen molar-refractivity contribution in [3.8, 4) is 0 Å². The summed E-state index contributed by atoms with van der Waals surface area (Å²) in [5.74, 6) is -3.01. The van der Waals surface area contributed by atoms with E-state index in [4.69, 9.17) is 5.11 Å². The highest BCUT2D eigenvalue weighted by Gasteiger charge is 2.56. The van der Waals surface area contributed by atoms with Crippen LogP contribution in [0.3, 0.4) is 0 Å². The minimum absolute atomic E-state index is 0.0208. The summed E-state index contributed by atoms with van der Waals surface area (Å²) >= 11 is 1.29. The lowest BCUT2D eigenvalue weighted by molar-refractivity contribution is -0.136. The van der Waals surface area contributed by atoms with Crippen molar-refractivity contribution in [3.63, 3.8) is 0 Å². The Hall–Kier alpha value is -0.320. The summed E-state index contributed by atoms with van der Waals surface area (Å²) in [6, 6.07) is 0. The highest BCUT2D eigenvalue weighted by atomic mass is 32.2. The molecule has 0 bridgehead atoms. The van der Waals surface area contributed by atoms with Crippen LogP contribution < -0.4 is 0 Å². The minimum Gasteiger partial charge on any atom is -0.481 e. The molecule has 0 saturated heterocycles. The molecule has 0 aromatic carbocycles. The molecule has 1 aliphatic rings. The van der Waals surface area contributed by atoms with Gasteiger partial charge >= 0.3 is 5.97 Å². The number of carboxylic acid groups (broad SMARTS) is 1. The lowest BCUT2D eigenvalue weighted by atomic mass is 10.5. The van der Waals surface area contributed by atoms with Crippen molar-refractivity contribution in [2.75, 3.05) is 11.5 Å². The van der Waals surface area contributed by atoms with Crippen LogP contribution in [0.1, 0.15) is 12.8 Å². The van der Waals surface area contributed by atoms with Crippen molar-refractivity contribution in [3.05, 3.63) is 0 Å². The van der Waals surface area contributed by atoms with Gasteiger partial charge in [-0.05, 0) is 0 Å². The van der Waals surface area contributed by atoms with Crippen LogP contribution in [0.25, 0.3) is 0 Å². The molecule has 2 nitrogen and oxygen atoms in total. The first-order valence-electron chi connectivity index (χ1n) is 3.70. The van der Waals surface area contributed by atoms with Crippen LogP contribution in [0.2, 0.25) is 0 Å². The number of hydrogen-bond acceptors (Lipinski definition) is 2. The molecule has 0 aliphatic heterocycles. The van der Waals surface area contributed by atoms with Gasteiger partial charge in [-0.15, -0.1) is 0 Å². The molecule has 0 amide bonds. The highest BCUT2D eigenvalue weighted by molar-refractivity contribution is 7.99. The smallest absolute Gasteiger partial charge is 0.304 e. The van der Waals surface area contributed by atoms with Gasteiger partial charge in [0.2, 0.25) is 0 Å². The maximum Gasteiger partial charge on any atom is 0.304 e. The van der Waals surface area contributed by atoms with Gasteiger partial charge in [-0.3, -0.25) is 4.79 Å². The van der Waals surface area contributed by atoms with E-state index in [9.17, 15) is 13.6 Å². The second-order valence-corrected chi connectivity index (χ2v) is 4.03. The Balaban J connectivity index is 1.94. The molecule has 0 aromatic rings. The molecule has 0 spiro atoms. The highest BCUT2D eigenvalue weighted by Crippen LogP contribution is 2.49. The van der Waals surface area contributed by atoms with E-state index < -0.39 is 17.8 Å². The summed E-state index contributed by atoms with van der Waals surface area (Å²) in [7, 11) is 0. The Morgan fingerprint density at radius 1 is 1.67 bits per heavy atom. The molecule has 1 atom stereocenters. The zero-order valence-corrected chi connectivity index (χ0v) is 7.24. The summed E-state index contributed by atoms with van der Waals surface area (Å²) in [5.41, 5.74) is 0. The van der Waals surface area contributed by atoms with Crippen molar-refractivity contribution in [1.82, 2.24) is 0 Å². The number of thioether (sulfide) groups is 1. The number of carbonyl (C=O) groups is 1. The van der Waals surface area contributed by atoms with Gasteiger partial charge < -0.3 is 5.11 Å². The number of hydrogen-bond donors (Lipinski definition) is 1. The predicted molar refractivity (Wildman–Crippen MR) is 42.6 cm³/mol. The molecule has 12 heavy (non-hydrogen) atoms. The summed E-state index contributed by atoms with van der Waals surface area (Å²) < 4.78 is 24.5. The van der Waals surface area contributed by atoms with Crippen LogP contribution >= 0.6 is 11.8 Å². The Bertz CT molecular complexity index is 184. The first-order chi connectivity index (χ1) is 5.52. The summed E-state index contributed by atoms with van der Waals surface area (Å²) in [6.07, 6.45) is 0.0377. The monoisotopic (exact) mass is 196 g/mol. The fraction of sp³-hybridized carbons (Fsp3) is 0.857. The maximum atomic E-state index is 12.3. The van der Waals surface area contributed by atoms with E-state index in [0.717, 1.165) is 0 Å². The first kappa shape index (κ1) is 9.77. The van der Waals surface area contributed by atoms with Gasteiger partial charge in [0.25, 0.3) is 5.92 Å². The van der Waals surface area contributed by atoms with E-state index in [2.05, 4.69) is 0 Å². The van der Waals surface area contributed by atoms with Gasteiger partial charge in [0, 0.05) is 23.8 Å². The van der Waals surface area contributed by atoms with E-state index in [1.807, 2.05) is 0 Å². The molecule has 70 valence electrons. The lowest BCUT2D eigenvalue weighted by Crippen LogP contribution is -1.99. The van der Waals surface area contributed by atoms with E-state index in [-0.39, 0.29) is 12.8 Å². The summed E-state index contributed by atoms with van der Waals surface area (Å²) in [6.45, 7) is 0. The standard InChI is InChI=1S/C7H10F2O2S/c8-7(9)3-5(7)4-12-2-1-6(10)11/h5H,1-4H2,(H,10,11). The third kappa shape index (κ3) is 2.97. The van der Waals surface area contributed by atoms with Gasteiger partial charge in [-0.25, -0.2) is 8.78 Å². The average Bonchev–Trinajstić information content (AvgIpc) is 2.51. The van der Waals surface area contributed by atoms with Gasteiger partial charge in [0.05, 0.1) is 6.42 Å².